The maximum absolute atomic E-state index is 4.63. The Labute approximate surface area is 145 Å². The van der Waals surface area contributed by atoms with Crippen molar-refractivity contribution >= 4 is 17.0 Å². The Morgan fingerprint density at radius 2 is 1.92 bits per heavy atom. The Balaban J connectivity index is 1.71. The summed E-state index contributed by atoms with van der Waals surface area (Å²) in [6, 6.07) is 10.2. The number of nitrogens with zero attached hydrogens (tertiary/aromatic N) is 5. The number of aromatic amines is 1. The number of rotatable bonds is 4. The molecular formula is C18H19N7. The number of nitrogens with one attached hydrogen (secondary N) is 2. The number of aromatic nitrogens is 6. The molecule has 7 nitrogen and oxygen atoms in total. The molecule has 0 aliphatic heterocycles. The molecule has 3 aromatic heterocycles. The summed E-state index contributed by atoms with van der Waals surface area (Å²) in [6.45, 7) is 4.70. The summed E-state index contributed by atoms with van der Waals surface area (Å²) in [5, 5.41) is 7.82. The lowest BCUT2D eigenvalue weighted by atomic mass is 10.2. The van der Waals surface area contributed by atoms with E-state index in [0.717, 1.165) is 34.1 Å². The molecule has 0 aliphatic rings. The predicted octanol–water partition coefficient (Wildman–Crippen LogP) is 2.98. The monoisotopic (exact) mass is 333 g/mol. The molecule has 0 bridgehead atoms. The van der Waals surface area contributed by atoms with Gasteiger partial charge in [-0.1, -0.05) is 30.3 Å². The summed E-state index contributed by atoms with van der Waals surface area (Å²) in [6.07, 6.45) is 1.53. The fraction of sp³-hybridized carbons (Fsp3) is 0.222. The highest BCUT2D eigenvalue weighted by Gasteiger charge is 2.17. The molecule has 0 fully saturated rings. The van der Waals surface area contributed by atoms with Crippen LogP contribution in [-0.2, 0) is 13.6 Å². The van der Waals surface area contributed by atoms with E-state index in [1.165, 1.54) is 11.9 Å². The van der Waals surface area contributed by atoms with E-state index < -0.39 is 0 Å². The first kappa shape index (κ1) is 15.3. The lowest BCUT2D eigenvalue weighted by Crippen LogP contribution is -2.02. The van der Waals surface area contributed by atoms with E-state index in [4.69, 9.17) is 0 Å². The first-order valence-corrected chi connectivity index (χ1v) is 8.12. The number of hydrogen-bond donors (Lipinski definition) is 2. The van der Waals surface area contributed by atoms with Gasteiger partial charge in [0.15, 0.2) is 11.5 Å². The average Bonchev–Trinajstić information content (AvgIpc) is 3.14. The van der Waals surface area contributed by atoms with Crippen molar-refractivity contribution in [2.45, 2.75) is 20.4 Å². The Morgan fingerprint density at radius 1 is 1.12 bits per heavy atom. The maximum atomic E-state index is 4.63. The molecule has 2 N–H and O–H groups in total. The first-order chi connectivity index (χ1) is 12.1. The van der Waals surface area contributed by atoms with Crippen molar-refractivity contribution in [1.82, 2.24) is 29.7 Å². The second-order valence-corrected chi connectivity index (χ2v) is 6.01. The lowest BCUT2D eigenvalue weighted by molar-refractivity contribution is 0.731. The fourth-order valence-corrected chi connectivity index (χ4v) is 2.98. The molecular weight excluding hydrogens is 314 g/mol. The Hall–Kier alpha value is -3.22. The van der Waals surface area contributed by atoms with Crippen LogP contribution in [-0.4, -0.2) is 29.7 Å². The van der Waals surface area contributed by atoms with Crippen molar-refractivity contribution < 1.29 is 0 Å². The topological polar surface area (TPSA) is 84.3 Å². The van der Waals surface area contributed by atoms with Gasteiger partial charge in [0.05, 0.1) is 11.3 Å². The summed E-state index contributed by atoms with van der Waals surface area (Å²) in [7, 11) is 1.93. The molecule has 3 heterocycles. The minimum atomic E-state index is 0.642. The van der Waals surface area contributed by atoms with Gasteiger partial charge in [0.25, 0.3) is 0 Å². The van der Waals surface area contributed by atoms with Crippen LogP contribution in [0.1, 0.15) is 17.0 Å². The Bertz CT molecular complexity index is 1030. The number of H-pyrrole nitrogens is 1. The molecule has 0 saturated heterocycles. The highest BCUT2D eigenvalue weighted by molar-refractivity contribution is 5.85. The van der Waals surface area contributed by atoms with Crippen molar-refractivity contribution in [3.05, 3.63) is 53.6 Å². The van der Waals surface area contributed by atoms with Crippen LogP contribution >= 0.6 is 0 Å². The van der Waals surface area contributed by atoms with Gasteiger partial charge in [0.2, 0.25) is 0 Å². The van der Waals surface area contributed by atoms with Gasteiger partial charge in [0.1, 0.15) is 17.7 Å². The van der Waals surface area contributed by atoms with Crippen molar-refractivity contribution in [1.29, 1.82) is 0 Å². The SMILES string of the molecule is Cc1nn(C)c(C)c1-c1nc2ncnc(NCc3ccccc3)c2[nH]1. The third-order valence-electron chi connectivity index (χ3n) is 4.34. The number of anilines is 1. The minimum absolute atomic E-state index is 0.642. The zero-order valence-corrected chi connectivity index (χ0v) is 14.4. The molecule has 7 heteroatoms. The van der Waals surface area contributed by atoms with Crippen LogP contribution in [0.3, 0.4) is 0 Å². The third-order valence-corrected chi connectivity index (χ3v) is 4.34. The van der Waals surface area contributed by atoms with Crippen LogP contribution in [0.4, 0.5) is 5.82 Å². The highest BCUT2D eigenvalue weighted by atomic mass is 15.3. The molecule has 0 radical (unpaired) electrons. The summed E-state index contributed by atoms with van der Waals surface area (Å²) >= 11 is 0. The average molecular weight is 333 g/mol. The number of hydrogen-bond acceptors (Lipinski definition) is 5. The molecule has 4 aromatic rings. The summed E-state index contributed by atoms with van der Waals surface area (Å²) in [5.41, 5.74) is 5.64. The summed E-state index contributed by atoms with van der Waals surface area (Å²) < 4.78 is 1.86. The number of aryl methyl sites for hydroxylation is 2. The molecule has 25 heavy (non-hydrogen) atoms. The molecule has 0 spiro atoms. The van der Waals surface area contributed by atoms with Crippen LogP contribution in [0.15, 0.2) is 36.7 Å². The normalized spacial score (nSPS) is 11.2. The van der Waals surface area contributed by atoms with Gasteiger partial charge in [-0.15, -0.1) is 0 Å². The zero-order valence-electron chi connectivity index (χ0n) is 14.4. The van der Waals surface area contributed by atoms with E-state index >= 15 is 0 Å². The van der Waals surface area contributed by atoms with Gasteiger partial charge in [0, 0.05) is 19.3 Å². The van der Waals surface area contributed by atoms with Gasteiger partial charge in [-0.2, -0.15) is 5.10 Å². The fourth-order valence-electron chi connectivity index (χ4n) is 2.98. The quantitative estimate of drug-likeness (QED) is 0.600. The van der Waals surface area contributed by atoms with Crippen molar-refractivity contribution in [2.24, 2.45) is 7.05 Å². The molecule has 0 saturated carbocycles. The Kier molecular flexibility index (Phi) is 3.68. The number of fused-ring (bicyclic) bond motifs is 1. The van der Waals surface area contributed by atoms with E-state index in [1.54, 1.807) is 0 Å². The van der Waals surface area contributed by atoms with Crippen LogP contribution in [0.5, 0.6) is 0 Å². The largest absolute Gasteiger partial charge is 0.364 e. The minimum Gasteiger partial charge on any atom is -0.364 e. The molecule has 1 aromatic carbocycles. The Morgan fingerprint density at radius 3 is 2.64 bits per heavy atom. The molecule has 0 atom stereocenters. The summed E-state index contributed by atoms with van der Waals surface area (Å²) in [4.78, 5) is 16.6. The molecule has 0 unspecified atom stereocenters. The van der Waals surface area contributed by atoms with Crippen LogP contribution < -0.4 is 5.32 Å². The summed E-state index contributed by atoms with van der Waals surface area (Å²) in [5.74, 6) is 1.51. The highest BCUT2D eigenvalue weighted by Crippen LogP contribution is 2.27. The standard InChI is InChI=1S/C18H19N7/c1-11-14(12(2)25(3)24-11)16-22-15-17(20-10-21-18(15)23-16)19-9-13-7-5-4-6-8-13/h4-8,10H,9H2,1-3H3,(H2,19,20,21,22,23). The second kappa shape index (κ2) is 6.01. The first-order valence-electron chi connectivity index (χ1n) is 8.12. The number of benzene rings is 1. The maximum Gasteiger partial charge on any atom is 0.183 e. The van der Waals surface area contributed by atoms with E-state index in [2.05, 4.69) is 42.5 Å². The van der Waals surface area contributed by atoms with Gasteiger partial charge < -0.3 is 10.3 Å². The van der Waals surface area contributed by atoms with Crippen molar-refractivity contribution in [3.63, 3.8) is 0 Å². The van der Waals surface area contributed by atoms with E-state index in [9.17, 15) is 0 Å². The van der Waals surface area contributed by atoms with E-state index in [1.807, 2.05) is 43.8 Å². The predicted molar refractivity (Wildman–Crippen MR) is 97.1 cm³/mol. The van der Waals surface area contributed by atoms with Gasteiger partial charge in [-0.3, -0.25) is 4.68 Å². The van der Waals surface area contributed by atoms with E-state index in [0.29, 0.717) is 12.2 Å². The zero-order chi connectivity index (χ0) is 17.4. The lowest BCUT2D eigenvalue weighted by Gasteiger charge is -2.05. The number of imidazole rings is 1. The smallest absolute Gasteiger partial charge is 0.183 e. The second-order valence-electron chi connectivity index (χ2n) is 6.01. The molecule has 0 aliphatic carbocycles. The van der Waals surface area contributed by atoms with Crippen LogP contribution in [0.25, 0.3) is 22.6 Å². The van der Waals surface area contributed by atoms with Crippen LogP contribution in [0, 0.1) is 13.8 Å². The van der Waals surface area contributed by atoms with Crippen molar-refractivity contribution in [2.75, 3.05) is 5.32 Å². The third kappa shape index (κ3) is 2.73. The van der Waals surface area contributed by atoms with E-state index in [-0.39, 0.29) is 0 Å². The molecule has 126 valence electrons. The van der Waals surface area contributed by atoms with Gasteiger partial charge in [-0.05, 0) is 19.4 Å². The van der Waals surface area contributed by atoms with Crippen LogP contribution in [0.2, 0.25) is 0 Å². The van der Waals surface area contributed by atoms with Gasteiger partial charge >= 0.3 is 0 Å². The van der Waals surface area contributed by atoms with Crippen molar-refractivity contribution in [3.8, 4) is 11.4 Å². The molecule has 4 rings (SSSR count). The van der Waals surface area contributed by atoms with Gasteiger partial charge in [-0.25, -0.2) is 15.0 Å². The molecule has 0 amide bonds.